The van der Waals surface area contributed by atoms with E-state index in [-0.39, 0.29) is 17.5 Å². The van der Waals surface area contributed by atoms with Crippen LogP contribution in [-0.4, -0.2) is 50.7 Å². The number of sulfone groups is 1. The van der Waals surface area contributed by atoms with Crippen LogP contribution in [0.5, 0.6) is 0 Å². The van der Waals surface area contributed by atoms with Crippen LogP contribution in [0.3, 0.4) is 0 Å². The van der Waals surface area contributed by atoms with Crippen molar-refractivity contribution in [2.24, 2.45) is 5.92 Å². The molecule has 0 radical (unpaired) electrons. The number of alkyl carbamates (subject to hydrolysis) is 1. The fourth-order valence-electron chi connectivity index (χ4n) is 2.62. The lowest BCUT2D eigenvalue weighted by atomic mass is 10.0. The Balaban J connectivity index is 2.33. The van der Waals surface area contributed by atoms with Crippen molar-refractivity contribution < 1.29 is 17.9 Å². The van der Waals surface area contributed by atoms with Gasteiger partial charge in [0.05, 0.1) is 5.75 Å². The Hall–Kier alpha value is -0.820. The number of hydrogen-bond donors (Lipinski definition) is 2. The van der Waals surface area contributed by atoms with Crippen molar-refractivity contribution in [3.8, 4) is 0 Å². The first-order valence-electron chi connectivity index (χ1n) is 8.03. The van der Waals surface area contributed by atoms with Gasteiger partial charge in [-0.25, -0.2) is 13.2 Å². The minimum Gasteiger partial charge on any atom is -0.444 e. The summed E-state index contributed by atoms with van der Waals surface area (Å²) in [6, 6.07) is 0.266. The normalized spacial score (nSPS) is 22.5. The first-order valence-corrected chi connectivity index (χ1v) is 9.86. The molecule has 1 aliphatic carbocycles. The zero-order valence-corrected chi connectivity index (χ0v) is 15.0. The zero-order chi connectivity index (χ0) is 16.8. The predicted molar refractivity (Wildman–Crippen MR) is 87.7 cm³/mol. The first kappa shape index (κ1) is 19.2. The molecular weight excluding hydrogens is 304 g/mol. The average Bonchev–Trinajstić information content (AvgIpc) is 2.82. The summed E-state index contributed by atoms with van der Waals surface area (Å²) in [5.74, 6) is 0.687. The van der Waals surface area contributed by atoms with Gasteiger partial charge in [0.1, 0.15) is 5.60 Å². The van der Waals surface area contributed by atoms with E-state index in [1.165, 1.54) is 0 Å². The molecule has 7 heteroatoms. The molecule has 0 aliphatic heterocycles. The molecule has 2 N–H and O–H groups in total. The van der Waals surface area contributed by atoms with Crippen molar-refractivity contribution in [3.63, 3.8) is 0 Å². The molecule has 2 atom stereocenters. The number of ether oxygens (including phenoxy) is 1. The second kappa shape index (κ2) is 8.15. The summed E-state index contributed by atoms with van der Waals surface area (Å²) in [6.07, 6.45) is 2.76. The summed E-state index contributed by atoms with van der Waals surface area (Å²) < 4.78 is 28.2. The monoisotopic (exact) mass is 334 g/mol. The first-order chi connectivity index (χ1) is 10.1. The van der Waals surface area contributed by atoms with Gasteiger partial charge in [0.2, 0.25) is 0 Å². The van der Waals surface area contributed by atoms with E-state index >= 15 is 0 Å². The Kier molecular flexibility index (Phi) is 7.12. The Morgan fingerprint density at radius 2 is 1.95 bits per heavy atom. The number of rotatable bonds is 7. The second-order valence-electron chi connectivity index (χ2n) is 6.87. The molecule has 2 unspecified atom stereocenters. The molecular formula is C15H30N2O4S. The Morgan fingerprint density at radius 3 is 2.55 bits per heavy atom. The predicted octanol–water partition coefficient (Wildman–Crippen LogP) is 1.70. The molecule has 1 fully saturated rings. The smallest absolute Gasteiger partial charge is 0.407 e. The fourth-order valence-corrected chi connectivity index (χ4v) is 3.34. The molecule has 0 spiro atoms. The van der Waals surface area contributed by atoms with E-state index in [9.17, 15) is 13.2 Å². The highest BCUT2D eigenvalue weighted by atomic mass is 32.2. The van der Waals surface area contributed by atoms with E-state index in [2.05, 4.69) is 10.6 Å². The van der Waals surface area contributed by atoms with E-state index in [1.807, 2.05) is 20.8 Å². The molecule has 22 heavy (non-hydrogen) atoms. The van der Waals surface area contributed by atoms with Gasteiger partial charge in [-0.05, 0) is 39.5 Å². The van der Waals surface area contributed by atoms with Gasteiger partial charge in [-0.1, -0.05) is 13.3 Å². The van der Waals surface area contributed by atoms with Gasteiger partial charge in [-0.2, -0.15) is 0 Å². The van der Waals surface area contributed by atoms with Crippen molar-refractivity contribution in [2.45, 2.75) is 58.6 Å². The number of nitrogens with one attached hydrogen (secondary N) is 2. The number of carbonyl (C=O) groups is 1. The molecule has 1 saturated carbocycles. The van der Waals surface area contributed by atoms with Gasteiger partial charge in [0.15, 0.2) is 9.84 Å². The van der Waals surface area contributed by atoms with Gasteiger partial charge in [0, 0.05) is 24.9 Å². The number of amides is 1. The van der Waals surface area contributed by atoms with Crippen LogP contribution < -0.4 is 10.6 Å². The maximum atomic E-state index is 11.7. The van der Waals surface area contributed by atoms with Gasteiger partial charge in [-0.15, -0.1) is 0 Å². The van der Waals surface area contributed by atoms with Crippen LogP contribution in [0.25, 0.3) is 0 Å². The topological polar surface area (TPSA) is 84.5 Å². The van der Waals surface area contributed by atoms with Gasteiger partial charge < -0.3 is 15.4 Å². The highest BCUT2D eigenvalue weighted by Gasteiger charge is 2.28. The van der Waals surface area contributed by atoms with E-state index in [0.29, 0.717) is 19.0 Å². The fraction of sp³-hybridized carbons (Fsp3) is 0.933. The molecule has 0 heterocycles. The van der Waals surface area contributed by atoms with E-state index in [1.54, 1.807) is 6.92 Å². The molecule has 0 aromatic heterocycles. The molecule has 0 bridgehead atoms. The highest BCUT2D eigenvalue weighted by molar-refractivity contribution is 7.91. The number of hydrogen-bond acceptors (Lipinski definition) is 5. The molecule has 1 rings (SSSR count). The van der Waals surface area contributed by atoms with Crippen LogP contribution in [0, 0.1) is 5.92 Å². The Labute approximate surface area is 134 Å². The molecule has 0 saturated heterocycles. The number of carbonyl (C=O) groups excluding carboxylic acids is 1. The lowest BCUT2D eigenvalue weighted by Crippen LogP contribution is -2.42. The van der Waals surface area contributed by atoms with Crippen LogP contribution in [0.2, 0.25) is 0 Å². The third-order valence-electron chi connectivity index (χ3n) is 3.83. The van der Waals surface area contributed by atoms with Crippen LogP contribution in [-0.2, 0) is 14.6 Å². The van der Waals surface area contributed by atoms with E-state index < -0.39 is 21.5 Å². The van der Waals surface area contributed by atoms with E-state index in [0.717, 1.165) is 19.3 Å². The van der Waals surface area contributed by atoms with Crippen molar-refractivity contribution in [2.75, 3.05) is 24.6 Å². The minimum absolute atomic E-state index is 0.173. The Bertz CT molecular complexity index is 457. The SMILES string of the molecule is CCS(=O)(=O)CCNC1CCCC1CNC(=O)OC(C)(C)C. The van der Waals surface area contributed by atoms with Crippen LogP contribution >= 0.6 is 0 Å². The highest BCUT2D eigenvalue weighted by Crippen LogP contribution is 2.25. The zero-order valence-electron chi connectivity index (χ0n) is 14.1. The van der Waals surface area contributed by atoms with Crippen LogP contribution in [0.1, 0.15) is 47.0 Å². The summed E-state index contributed by atoms with van der Waals surface area (Å²) in [4.78, 5) is 11.7. The standard InChI is InChI=1S/C15H30N2O4S/c1-5-22(19,20)10-9-16-13-8-6-7-12(13)11-17-14(18)21-15(2,3)4/h12-13,16H,5-11H2,1-4H3,(H,17,18). The van der Waals surface area contributed by atoms with Crippen molar-refractivity contribution in [1.29, 1.82) is 0 Å². The maximum absolute atomic E-state index is 11.7. The summed E-state index contributed by atoms with van der Waals surface area (Å²) in [6.45, 7) is 8.21. The Morgan fingerprint density at radius 1 is 1.27 bits per heavy atom. The summed E-state index contributed by atoms with van der Waals surface area (Å²) in [7, 11) is -2.93. The molecule has 0 aromatic carbocycles. The summed E-state index contributed by atoms with van der Waals surface area (Å²) in [5, 5.41) is 6.13. The third-order valence-corrected chi connectivity index (χ3v) is 5.53. The summed E-state index contributed by atoms with van der Waals surface area (Å²) >= 11 is 0. The van der Waals surface area contributed by atoms with Crippen molar-refractivity contribution in [1.82, 2.24) is 10.6 Å². The minimum atomic E-state index is -2.93. The van der Waals surface area contributed by atoms with E-state index in [4.69, 9.17) is 4.74 Å². The summed E-state index contributed by atoms with van der Waals surface area (Å²) in [5.41, 5.74) is -0.494. The van der Waals surface area contributed by atoms with Crippen LogP contribution in [0.4, 0.5) is 4.79 Å². The third kappa shape index (κ3) is 7.45. The van der Waals surface area contributed by atoms with Gasteiger partial charge >= 0.3 is 6.09 Å². The van der Waals surface area contributed by atoms with Gasteiger partial charge in [-0.3, -0.25) is 0 Å². The van der Waals surface area contributed by atoms with Crippen molar-refractivity contribution in [3.05, 3.63) is 0 Å². The molecule has 6 nitrogen and oxygen atoms in total. The quantitative estimate of drug-likeness (QED) is 0.740. The second-order valence-corrected chi connectivity index (χ2v) is 9.34. The average molecular weight is 334 g/mol. The van der Waals surface area contributed by atoms with Gasteiger partial charge in [0.25, 0.3) is 0 Å². The van der Waals surface area contributed by atoms with Crippen LogP contribution in [0.15, 0.2) is 0 Å². The molecule has 1 aliphatic rings. The maximum Gasteiger partial charge on any atom is 0.407 e. The lowest BCUT2D eigenvalue weighted by Gasteiger charge is -2.23. The largest absolute Gasteiger partial charge is 0.444 e. The molecule has 0 aromatic rings. The lowest BCUT2D eigenvalue weighted by molar-refractivity contribution is 0.0517. The van der Waals surface area contributed by atoms with Crippen molar-refractivity contribution >= 4 is 15.9 Å². The molecule has 130 valence electrons. The molecule has 1 amide bonds.